The highest BCUT2D eigenvalue weighted by molar-refractivity contribution is 6.10. The first kappa shape index (κ1) is 29.4. The maximum Gasteiger partial charge on any atom is 0.312 e. The van der Waals surface area contributed by atoms with E-state index in [1.54, 1.807) is 6.08 Å². The third kappa shape index (κ3) is 3.97. The van der Waals surface area contributed by atoms with E-state index in [0.29, 0.717) is 6.29 Å². The van der Waals surface area contributed by atoms with Gasteiger partial charge in [-0.1, -0.05) is 6.08 Å². The van der Waals surface area contributed by atoms with Crippen molar-refractivity contribution in [2.24, 2.45) is 28.6 Å². The van der Waals surface area contributed by atoms with Crippen molar-refractivity contribution < 1.29 is 59.3 Å². The SMILES string of the molecule is O=CC1=C[C@@H]2C[C@](CC(=O)c3cc(O)ccc3O)(C(=O)O)[C@H](O)[C@]([C@@H]3CC[C@@H](C(=O)O)[C@]34Oc3ccc(O)cc3C4=O)(C1)C2. The third-order valence-electron chi connectivity index (χ3n) is 10.3. The Labute approximate surface area is 250 Å². The number of phenols is 3. The van der Waals surface area contributed by atoms with Gasteiger partial charge in [0.1, 0.15) is 40.6 Å². The van der Waals surface area contributed by atoms with Crippen LogP contribution in [0.3, 0.4) is 0 Å². The zero-order chi connectivity index (χ0) is 31.8. The van der Waals surface area contributed by atoms with Gasteiger partial charge in [-0.05, 0) is 80.0 Å². The van der Waals surface area contributed by atoms with Gasteiger partial charge in [-0.2, -0.15) is 0 Å². The molecular weight excluding hydrogens is 576 g/mol. The normalized spacial score (nSPS) is 33.8. The highest BCUT2D eigenvalue weighted by atomic mass is 16.5. The van der Waals surface area contributed by atoms with Crippen molar-refractivity contribution in [2.45, 2.75) is 50.2 Å². The molecule has 4 aliphatic rings. The van der Waals surface area contributed by atoms with Crippen LogP contribution in [0.25, 0.3) is 0 Å². The largest absolute Gasteiger partial charge is 0.508 e. The number of aromatic hydroxyl groups is 3. The minimum Gasteiger partial charge on any atom is -0.508 e. The lowest BCUT2D eigenvalue weighted by atomic mass is 9.46. The number of aliphatic hydroxyl groups is 1. The fourth-order valence-corrected chi connectivity index (χ4v) is 8.65. The van der Waals surface area contributed by atoms with Gasteiger partial charge in [0.25, 0.3) is 0 Å². The van der Waals surface area contributed by atoms with E-state index in [-0.39, 0.29) is 66.1 Å². The van der Waals surface area contributed by atoms with Crippen LogP contribution < -0.4 is 4.74 Å². The summed E-state index contributed by atoms with van der Waals surface area (Å²) in [7, 11) is 0. The molecule has 0 saturated heterocycles. The number of ether oxygens (including phenoxy) is 1. The van der Waals surface area contributed by atoms with Crippen LogP contribution in [-0.2, 0) is 14.4 Å². The summed E-state index contributed by atoms with van der Waals surface area (Å²) in [5, 5.41) is 63.6. The van der Waals surface area contributed by atoms with Gasteiger partial charge in [0, 0.05) is 17.8 Å². The van der Waals surface area contributed by atoms with Crippen LogP contribution in [0.2, 0.25) is 0 Å². The number of aldehydes is 1. The van der Waals surface area contributed by atoms with E-state index in [0.717, 1.165) is 24.3 Å². The minimum absolute atomic E-state index is 0.0234. The van der Waals surface area contributed by atoms with Crippen LogP contribution in [0.15, 0.2) is 48.0 Å². The van der Waals surface area contributed by atoms with E-state index in [1.807, 2.05) is 0 Å². The first-order valence-corrected chi connectivity index (χ1v) is 14.2. The smallest absolute Gasteiger partial charge is 0.312 e. The molecule has 3 aliphatic carbocycles. The van der Waals surface area contributed by atoms with E-state index in [2.05, 4.69) is 0 Å². The zero-order valence-electron chi connectivity index (χ0n) is 23.3. The molecule has 6 rings (SSSR count). The quantitative estimate of drug-likeness (QED) is 0.152. The van der Waals surface area contributed by atoms with Crippen molar-refractivity contribution >= 4 is 29.8 Å². The molecule has 0 aromatic heterocycles. The zero-order valence-corrected chi connectivity index (χ0v) is 23.3. The molecule has 230 valence electrons. The van der Waals surface area contributed by atoms with Crippen LogP contribution in [0, 0.1) is 28.6 Å². The first-order chi connectivity index (χ1) is 20.8. The Morgan fingerprint density at radius 1 is 0.977 bits per heavy atom. The number of hydrogen-bond donors (Lipinski definition) is 6. The van der Waals surface area contributed by atoms with Gasteiger partial charge in [0.15, 0.2) is 11.4 Å². The molecule has 44 heavy (non-hydrogen) atoms. The summed E-state index contributed by atoms with van der Waals surface area (Å²) < 4.78 is 6.24. The third-order valence-corrected chi connectivity index (χ3v) is 10.3. The van der Waals surface area contributed by atoms with Crippen molar-refractivity contribution in [3.8, 4) is 23.0 Å². The van der Waals surface area contributed by atoms with E-state index in [4.69, 9.17) is 4.74 Å². The number of aliphatic hydroxyl groups excluding tert-OH is 1. The number of rotatable bonds is 7. The van der Waals surface area contributed by atoms with E-state index < -0.39 is 76.0 Å². The van der Waals surface area contributed by atoms with Crippen LogP contribution in [0.5, 0.6) is 23.0 Å². The number of benzene rings is 2. The molecule has 0 unspecified atom stereocenters. The molecule has 7 atom stereocenters. The number of allylic oxidation sites excluding steroid dienone is 2. The number of Topliss-reactive ketones (excluding diaryl/α,β-unsaturated/α-hetero) is 2. The number of hydrogen-bond acceptors (Lipinski definition) is 10. The van der Waals surface area contributed by atoms with E-state index in [9.17, 15) is 54.6 Å². The number of ketones is 2. The number of carbonyl (C=O) groups is 5. The Morgan fingerprint density at radius 2 is 1.68 bits per heavy atom. The fourth-order valence-electron chi connectivity index (χ4n) is 8.65. The van der Waals surface area contributed by atoms with Crippen LogP contribution >= 0.6 is 0 Å². The molecule has 1 aliphatic heterocycles. The minimum atomic E-state index is -2.18. The standard InChI is InChI=1S/C32H30O12/c33-14-16-7-15-10-30(12-16,28(41)31(11-15,29(42)43)13-23(37)19-8-17(34)1-4-22(19)36)25-6-3-21(27(39)40)32(25)26(38)20-9-18(35)2-5-24(20)44-32/h1-2,4-5,7-9,14-15,21,25,28,34-36,41H,3,6,10-13H2,(H,39,40)(H,42,43)/t15-,21-,25-,28+,30-,31+,32-/m0/s1. The number of carboxylic acids is 2. The number of carboxylic acid groups (broad SMARTS) is 2. The summed E-state index contributed by atoms with van der Waals surface area (Å²) in [6, 6.07) is 7.00. The highest BCUT2D eigenvalue weighted by Crippen LogP contribution is 2.67. The Hall–Kier alpha value is -4.71. The van der Waals surface area contributed by atoms with Gasteiger partial charge in [0.2, 0.25) is 5.78 Å². The molecule has 6 N–H and O–H groups in total. The van der Waals surface area contributed by atoms with Crippen molar-refractivity contribution in [1.29, 1.82) is 0 Å². The molecule has 0 radical (unpaired) electrons. The molecule has 2 bridgehead atoms. The predicted octanol–water partition coefficient (Wildman–Crippen LogP) is 2.86. The molecule has 2 saturated carbocycles. The van der Waals surface area contributed by atoms with Crippen molar-refractivity contribution in [3.63, 3.8) is 0 Å². The number of fused-ring (bicyclic) bond motifs is 3. The Balaban J connectivity index is 1.52. The van der Waals surface area contributed by atoms with Gasteiger partial charge < -0.3 is 35.4 Å². The maximum absolute atomic E-state index is 14.2. The van der Waals surface area contributed by atoms with Crippen LogP contribution in [0.4, 0.5) is 0 Å². The van der Waals surface area contributed by atoms with E-state index in [1.165, 1.54) is 12.1 Å². The summed E-state index contributed by atoms with van der Waals surface area (Å²) in [6.45, 7) is 0. The molecule has 2 fully saturated rings. The lowest BCUT2D eigenvalue weighted by Crippen LogP contribution is -2.66. The average Bonchev–Trinajstić information content (AvgIpc) is 3.50. The van der Waals surface area contributed by atoms with Gasteiger partial charge >= 0.3 is 11.9 Å². The van der Waals surface area contributed by atoms with Crippen molar-refractivity contribution in [2.75, 3.05) is 0 Å². The molecule has 12 nitrogen and oxygen atoms in total. The second-order valence-electron chi connectivity index (χ2n) is 12.5. The summed E-state index contributed by atoms with van der Waals surface area (Å²) in [5.41, 5.74) is -6.03. The molecule has 0 amide bonds. The molecule has 12 heteroatoms. The fraction of sp³-hybridized carbons (Fsp3) is 0.406. The summed E-state index contributed by atoms with van der Waals surface area (Å²) in [4.78, 5) is 65.7. The first-order valence-electron chi connectivity index (χ1n) is 14.2. The predicted molar refractivity (Wildman–Crippen MR) is 148 cm³/mol. The van der Waals surface area contributed by atoms with Gasteiger partial charge in [0.05, 0.1) is 17.2 Å². The van der Waals surface area contributed by atoms with Crippen LogP contribution in [-0.4, -0.2) is 72.1 Å². The molecular formula is C32H30O12. The Bertz CT molecular complexity index is 1660. The lowest BCUT2D eigenvalue weighted by Gasteiger charge is -2.59. The van der Waals surface area contributed by atoms with Crippen molar-refractivity contribution in [1.82, 2.24) is 0 Å². The lowest BCUT2D eigenvalue weighted by molar-refractivity contribution is -0.196. The molecule has 2 aromatic rings. The second-order valence-corrected chi connectivity index (χ2v) is 12.5. The number of carbonyl (C=O) groups excluding carboxylic acids is 3. The Morgan fingerprint density at radius 3 is 2.36 bits per heavy atom. The summed E-state index contributed by atoms with van der Waals surface area (Å²) in [6.07, 6.45) is -0.916. The van der Waals surface area contributed by atoms with Gasteiger partial charge in [-0.15, -0.1) is 0 Å². The second kappa shape index (κ2) is 9.91. The van der Waals surface area contributed by atoms with E-state index >= 15 is 0 Å². The number of phenolic OH excluding ortho intramolecular Hbond substituents is 3. The topological polar surface area (TPSA) is 216 Å². The molecule has 1 spiro atoms. The summed E-state index contributed by atoms with van der Waals surface area (Å²) in [5.74, 6) is -8.68. The molecule has 1 heterocycles. The van der Waals surface area contributed by atoms with Crippen LogP contribution in [0.1, 0.15) is 59.2 Å². The van der Waals surface area contributed by atoms with Crippen molar-refractivity contribution in [3.05, 3.63) is 59.2 Å². The Kier molecular flexibility index (Phi) is 6.62. The van der Waals surface area contributed by atoms with Gasteiger partial charge in [-0.3, -0.25) is 24.0 Å². The monoisotopic (exact) mass is 606 g/mol. The molecule has 2 aromatic carbocycles. The average molecular weight is 607 g/mol. The summed E-state index contributed by atoms with van der Waals surface area (Å²) >= 11 is 0. The number of aliphatic carboxylic acids is 2. The maximum atomic E-state index is 14.2. The highest BCUT2D eigenvalue weighted by Gasteiger charge is 2.73. The van der Waals surface area contributed by atoms with Gasteiger partial charge in [-0.25, -0.2) is 0 Å².